The zero-order chi connectivity index (χ0) is 14.0. The molecule has 0 aliphatic heterocycles. The fourth-order valence-electron chi connectivity index (χ4n) is 1.90. The molecule has 0 N–H and O–H groups in total. The van der Waals surface area contributed by atoms with Crippen LogP contribution in [0.3, 0.4) is 0 Å². The summed E-state index contributed by atoms with van der Waals surface area (Å²) in [6.07, 6.45) is 0.460. The van der Waals surface area contributed by atoms with Gasteiger partial charge in [-0.2, -0.15) is 0 Å². The number of rotatable bonds is 4. The fraction of sp³-hybridized carbons (Fsp3) is 0.214. The van der Waals surface area contributed by atoms with Crippen molar-refractivity contribution in [3.63, 3.8) is 0 Å². The maximum absolute atomic E-state index is 13.6. The smallest absolute Gasteiger partial charge is 0.179 e. The molecule has 1 heterocycles. The fourth-order valence-corrected chi connectivity index (χ4v) is 2.32. The van der Waals surface area contributed by atoms with Crippen molar-refractivity contribution in [2.24, 2.45) is 7.05 Å². The minimum Gasteiger partial charge on any atom is -0.332 e. The minimum atomic E-state index is -0.384. The van der Waals surface area contributed by atoms with Gasteiger partial charge in [-0.25, -0.2) is 4.39 Å². The number of carbonyl (C=O) groups is 1. The predicted octanol–water partition coefficient (Wildman–Crippen LogP) is 4.29. The lowest BCUT2D eigenvalue weighted by molar-refractivity contribution is 0.0975. The predicted molar refractivity (Wildman–Crippen MR) is 74.5 cm³/mol. The molecular weight excluding hydrogens is 288 g/mol. The van der Waals surface area contributed by atoms with Gasteiger partial charge in [0, 0.05) is 24.1 Å². The van der Waals surface area contributed by atoms with Gasteiger partial charge in [-0.15, -0.1) is 0 Å². The Labute approximate surface area is 120 Å². The summed E-state index contributed by atoms with van der Waals surface area (Å²) >= 11 is 11.8. The monoisotopic (exact) mass is 299 g/mol. The molecule has 0 aliphatic rings. The molecule has 1 aromatic heterocycles. The molecule has 2 aromatic rings. The van der Waals surface area contributed by atoms with Crippen LogP contribution in [0.2, 0.25) is 10.2 Å². The first-order chi connectivity index (χ1) is 9.00. The van der Waals surface area contributed by atoms with Gasteiger partial charge in [0.25, 0.3) is 0 Å². The van der Waals surface area contributed by atoms with Crippen LogP contribution in [-0.4, -0.2) is 10.4 Å². The molecular formula is C14H12Cl2FNO. The highest BCUT2D eigenvalue weighted by Crippen LogP contribution is 2.22. The van der Waals surface area contributed by atoms with Gasteiger partial charge in [0.2, 0.25) is 0 Å². The quantitative estimate of drug-likeness (QED) is 0.772. The second kappa shape index (κ2) is 5.76. The topological polar surface area (TPSA) is 22.0 Å². The van der Waals surface area contributed by atoms with E-state index in [2.05, 4.69) is 0 Å². The average molecular weight is 300 g/mol. The number of halogens is 3. The van der Waals surface area contributed by atoms with Crippen LogP contribution in [0.4, 0.5) is 4.39 Å². The maximum atomic E-state index is 13.6. The van der Waals surface area contributed by atoms with Gasteiger partial charge in [0.15, 0.2) is 5.78 Å². The lowest BCUT2D eigenvalue weighted by Gasteiger charge is -2.06. The molecule has 0 atom stereocenters. The molecule has 0 bridgehead atoms. The van der Waals surface area contributed by atoms with E-state index >= 15 is 0 Å². The van der Waals surface area contributed by atoms with Crippen molar-refractivity contribution >= 4 is 29.0 Å². The molecule has 5 heteroatoms. The van der Waals surface area contributed by atoms with E-state index in [1.165, 1.54) is 6.07 Å². The first-order valence-corrected chi connectivity index (χ1v) is 6.53. The van der Waals surface area contributed by atoms with Crippen molar-refractivity contribution in [1.29, 1.82) is 0 Å². The van der Waals surface area contributed by atoms with E-state index < -0.39 is 0 Å². The van der Waals surface area contributed by atoms with E-state index in [0.717, 1.165) is 0 Å². The van der Waals surface area contributed by atoms with E-state index in [0.29, 0.717) is 21.4 Å². The number of aromatic nitrogens is 1. The van der Waals surface area contributed by atoms with E-state index in [1.54, 1.807) is 35.9 Å². The maximum Gasteiger partial charge on any atom is 0.179 e. The van der Waals surface area contributed by atoms with Crippen LogP contribution in [0.25, 0.3) is 0 Å². The molecule has 1 aromatic carbocycles. The third-order valence-electron chi connectivity index (χ3n) is 3.01. The summed E-state index contributed by atoms with van der Waals surface area (Å²) in [6, 6.07) is 7.81. The number of ketones is 1. The van der Waals surface area contributed by atoms with Gasteiger partial charge in [0.05, 0.1) is 5.69 Å². The third-order valence-corrected chi connectivity index (χ3v) is 3.74. The van der Waals surface area contributed by atoms with Crippen LogP contribution in [0, 0.1) is 5.82 Å². The summed E-state index contributed by atoms with van der Waals surface area (Å²) in [5.41, 5.74) is 0.885. The third kappa shape index (κ3) is 2.99. The molecule has 0 spiro atoms. The lowest BCUT2D eigenvalue weighted by Crippen LogP contribution is -2.07. The highest BCUT2D eigenvalue weighted by atomic mass is 35.5. The van der Waals surface area contributed by atoms with E-state index in [9.17, 15) is 9.18 Å². The first kappa shape index (κ1) is 14.1. The average Bonchev–Trinajstić information content (AvgIpc) is 2.69. The van der Waals surface area contributed by atoms with E-state index in [-0.39, 0.29) is 24.4 Å². The number of hydrogen-bond donors (Lipinski definition) is 0. The largest absolute Gasteiger partial charge is 0.332 e. The van der Waals surface area contributed by atoms with Crippen molar-refractivity contribution < 1.29 is 9.18 Å². The molecule has 0 saturated heterocycles. The molecule has 0 fully saturated rings. The van der Waals surface area contributed by atoms with Gasteiger partial charge in [-0.3, -0.25) is 4.79 Å². The molecule has 19 heavy (non-hydrogen) atoms. The van der Waals surface area contributed by atoms with Crippen molar-refractivity contribution in [2.75, 3.05) is 0 Å². The normalized spacial score (nSPS) is 10.7. The molecule has 0 saturated carbocycles. The standard InChI is InChI=1S/C14H12Cl2FNO/c1-18-12(6-8-14(18)16)13(19)7-5-9-10(15)3-2-4-11(9)17/h2-4,6,8H,5,7H2,1H3. The zero-order valence-corrected chi connectivity index (χ0v) is 11.8. The summed E-state index contributed by atoms with van der Waals surface area (Å²) in [6.45, 7) is 0. The van der Waals surface area contributed by atoms with Crippen LogP contribution in [0.15, 0.2) is 30.3 Å². The minimum absolute atomic E-state index is 0.0891. The number of hydrogen-bond acceptors (Lipinski definition) is 1. The molecule has 100 valence electrons. The molecule has 0 amide bonds. The molecule has 2 nitrogen and oxygen atoms in total. The summed E-state index contributed by atoms with van der Waals surface area (Å²) < 4.78 is 15.2. The van der Waals surface area contributed by atoms with Crippen molar-refractivity contribution in [1.82, 2.24) is 4.57 Å². The lowest BCUT2D eigenvalue weighted by atomic mass is 10.1. The second-order valence-corrected chi connectivity index (χ2v) is 5.02. The van der Waals surface area contributed by atoms with Gasteiger partial charge in [-0.1, -0.05) is 29.3 Å². The van der Waals surface area contributed by atoms with Crippen LogP contribution in [0.5, 0.6) is 0 Å². The Morgan fingerprint density at radius 3 is 2.58 bits per heavy atom. The van der Waals surface area contributed by atoms with Crippen LogP contribution in [0.1, 0.15) is 22.5 Å². The SMILES string of the molecule is Cn1c(Cl)ccc1C(=O)CCc1c(F)cccc1Cl. The zero-order valence-electron chi connectivity index (χ0n) is 10.3. The molecule has 0 aliphatic carbocycles. The Balaban J connectivity index is 2.11. The van der Waals surface area contributed by atoms with Crippen molar-refractivity contribution in [3.05, 3.63) is 57.6 Å². The highest BCUT2D eigenvalue weighted by Gasteiger charge is 2.14. The van der Waals surface area contributed by atoms with Crippen LogP contribution >= 0.6 is 23.2 Å². The Morgan fingerprint density at radius 2 is 2.00 bits per heavy atom. The Morgan fingerprint density at radius 1 is 1.26 bits per heavy atom. The summed E-state index contributed by atoms with van der Waals surface area (Å²) in [5, 5.41) is 0.838. The van der Waals surface area contributed by atoms with Gasteiger partial charge >= 0.3 is 0 Å². The van der Waals surface area contributed by atoms with E-state index in [1.807, 2.05) is 0 Å². The number of Topliss-reactive ketones (excluding diaryl/α,β-unsaturated/α-hetero) is 1. The van der Waals surface area contributed by atoms with Crippen molar-refractivity contribution in [3.8, 4) is 0 Å². The summed E-state index contributed by atoms with van der Waals surface area (Å²) in [5.74, 6) is -0.473. The first-order valence-electron chi connectivity index (χ1n) is 5.78. The highest BCUT2D eigenvalue weighted by molar-refractivity contribution is 6.31. The summed E-state index contributed by atoms with van der Waals surface area (Å²) in [4.78, 5) is 12.0. The van der Waals surface area contributed by atoms with Gasteiger partial charge in [0.1, 0.15) is 11.0 Å². The molecule has 2 rings (SSSR count). The van der Waals surface area contributed by atoms with Crippen LogP contribution in [-0.2, 0) is 13.5 Å². The van der Waals surface area contributed by atoms with Crippen molar-refractivity contribution in [2.45, 2.75) is 12.8 Å². The summed E-state index contributed by atoms with van der Waals surface area (Å²) in [7, 11) is 1.71. The second-order valence-electron chi connectivity index (χ2n) is 4.22. The van der Waals surface area contributed by atoms with Crippen LogP contribution < -0.4 is 0 Å². The van der Waals surface area contributed by atoms with Gasteiger partial charge < -0.3 is 4.57 Å². The molecule has 0 radical (unpaired) electrons. The number of benzene rings is 1. The van der Waals surface area contributed by atoms with E-state index in [4.69, 9.17) is 23.2 Å². The molecule has 0 unspecified atom stereocenters. The Hall–Kier alpha value is -1.32. The Kier molecular flexibility index (Phi) is 4.27. The Bertz CT molecular complexity index is 602. The van der Waals surface area contributed by atoms with Gasteiger partial charge in [-0.05, 0) is 30.7 Å². The number of carbonyl (C=O) groups excluding carboxylic acids is 1. The number of nitrogens with zero attached hydrogens (tertiary/aromatic N) is 1.